The van der Waals surface area contributed by atoms with Gasteiger partial charge in [-0.15, -0.1) is 0 Å². The van der Waals surface area contributed by atoms with Crippen molar-refractivity contribution in [2.75, 3.05) is 19.8 Å². The third-order valence-corrected chi connectivity index (χ3v) is 10.8. The zero-order chi connectivity index (χ0) is 44.3. The fraction of sp³-hybridized carbons (Fsp3) is 0.941. The number of carboxylic acid groups (broad SMARTS) is 1. The summed E-state index contributed by atoms with van der Waals surface area (Å²) < 4.78 is 10.1. The van der Waals surface area contributed by atoms with Gasteiger partial charge in [-0.05, 0) is 31.6 Å². The fourth-order valence-electron chi connectivity index (χ4n) is 6.86. The number of unbranched alkanes of at least 4 members (excludes halogenated alkanes) is 30. The Morgan fingerprint density at radius 3 is 1.07 bits per heavy atom. The lowest BCUT2D eigenvalue weighted by Crippen LogP contribution is -2.21. The summed E-state index contributed by atoms with van der Waals surface area (Å²) in [5.74, 6) is -0.103. The zero-order valence-electron chi connectivity index (χ0n) is 40.0. The van der Waals surface area contributed by atoms with Gasteiger partial charge in [0.05, 0.1) is 13.2 Å². The van der Waals surface area contributed by atoms with Crippen LogP contribution in [0, 0.1) is 5.92 Å². The molecule has 8 nitrogen and oxygen atoms in total. The normalized spacial score (nSPS) is 11.4. The van der Waals surface area contributed by atoms with Gasteiger partial charge in [-0.1, -0.05) is 234 Å². The van der Waals surface area contributed by atoms with Crippen molar-refractivity contribution in [3.05, 3.63) is 0 Å². The van der Waals surface area contributed by atoms with E-state index in [1.165, 1.54) is 186 Å². The second-order valence-corrected chi connectivity index (χ2v) is 17.5. The molecule has 354 valence electrons. The minimum atomic E-state index is -0.951. The van der Waals surface area contributed by atoms with Crippen molar-refractivity contribution in [1.82, 2.24) is 0 Å². The highest BCUT2D eigenvalue weighted by atomic mass is 16.5. The highest BCUT2D eigenvalue weighted by Gasteiger charge is 2.07. The van der Waals surface area contributed by atoms with Crippen LogP contribution in [0.2, 0.25) is 0 Å². The highest BCUT2D eigenvalue weighted by Crippen LogP contribution is 2.15. The van der Waals surface area contributed by atoms with Crippen LogP contribution in [0.25, 0.3) is 0 Å². The molecule has 0 aliphatic rings. The quantitative estimate of drug-likeness (QED) is 0.0409. The number of hydrogen-bond donors (Lipinski definition) is 3. The smallest absolute Gasteiger partial charge is 0.305 e. The summed E-state index contributed by atoms with van der Waals surface area (Å²) in [4.78, 5) is 33.1. The van der Waals surface area contributed by atoms with E-state index in [4.69, 9.17) is 24.8 Å². The van der Waals surface area contributed by atoms with Crippen molar-refractivity contribution in [2.45, 2.75) is 285 Å². The van der Waals surface area contributed by atoms with Crippen molar-refractivity contribution in [1.29, 1.82) is 0 Å². The lowest BCUT2D eigenvalue weighted by Gasteiger charge is -2.08. The Hall–Kier alpha value is -1.67. The van der Waals surface area contributed by atoms with Gasteiger partial charge in [0.1, 0.15) is 12.7 Å². The number of carboxylic acids is 1. The topological polar surface area (TPSA) is 130 Å². The van der Waals surface area contributed by atoms with E-state index in [9.17, 15) is 14.4 Å². The molecular weight excluding hydrogens is 741 g/mol. The molecule has 0 aromatic rings. The lowest BCUT2D eigenvalue weighted by molar-refractivity contribution is -0.147. The van der Waals surface area contributed by atoms with Gasteiger partial charge in [-0.25, -0.2) is 0 Å². The monoisotopic (exact) mass is 843 g/mol. The van der Waals surface area contributed by atoms with Crippen LogP contribution < -0.4 is 0 Å². The second-order valence-electron chi connectivity index (χ2n) is 17.5. The van der Waals surface area contributed by atoms with Gasteiger partial charge in [0, 0.05) is 19.3 Å². The molecule has 0 aromatic heterocycles. The molecular formula is C51H102O8. The van der Waals surface area contributed by atoms with Crippen LogP contribution in [-0.2, 0) is 23.9 Å². The minimum absolute atomic E-state index is 0.0118. The van der Waals surface area contributed by atoms with Gasteiger partial charge >= 0.3 is 17.9 Å². The van der Waals surface area contributed by atoms with E-state index in [-0.39, 0.29) is 25.2 Å². The molecule has 0 aliphatic heterocycles. The van der Waals surface area contributed by atoms with E-state index in [1.54, 1.807) is 0 Å². The summed E-state index contributed by atoms with van der Waals surface area (Å²) >= 11 is 0. The second kappa shape index (κ2) is 54.3. The molecule has 0 rings (SSSR count). The van der Waals surface area contributed by atoms with E-state index in [1.807, 2.05) is 0 Å². The van der Waals surface area contributed by atoms with E-state index in [0.29, 0.717) is 25.9 Å². The predicted octanol–water partition coefficient (Wildman–Crippen LogP) is 15.0. The molecule has 0 aliphatic carbocycles. The van der Waals surface area contributed by atoms with Crippen molar-refractivity contribution < 1.29 is 39.2 Å². The molecule has 59 heavy (non-hydrogen) atoms. The largest absolute Gasteiger partial charge is 0.481 e. The zero-order valence-corrected chi connectivity index (χ0v) is 40.0. The Kier molecular flexibility index (Phi) is 56.8. The van der Waals surface area contributed by atoms with Crippen molar-refractivity contribution in [2.24, 2.45) is 5.92 Å². The maximum atomic E-state index is 11.6. The summed E-state index contributed by atoms with van der Waals surface area (Å²) in [6, 6.07) is 0. The van der Waals surface area contributed by atoms with Crippen LogP contribution in [0.15, 0.2) is 0 Å². The SMILES string of the molecule is CCCCCCCCCC(=O)OCC(O)CO.CCCCCCCCCCCC(=O)OCCCCCCCC(C)C.CCCCCCCCCCCCCCCC(=O)O. The summed E-state index contributed by atoms with van der Waals surface area (Å²) in [7, 11) is 0. The Morgan fingerprint density at radius 2 is 0.729 bits per heavy atom. The van der Waals surface area contributed by atoms with E-state index in [0.717, 1.165) is 44.4 Å². The van der Waals surface area contributed by atoms with Gasteiger partial charge in [0.15, 0.2) is 0 Å². The van der Waals surface area contributed by atoms with Crippen LogP contribution in [0.1, 0.15) is 279 Å². The maximum Gasteiger partial charge on any atom is 0.305 e. The number of carbonyl (C=O) groups is 3. The van der Waals surface area contributed by atoms with Gasteiger partial charge in [-0.3, -0.25) is 14.4 Å². The number of aliphatic carboxylic acids is 1. The molecule has 0 spiro atoms. The van der Waals surface area contributed by atoms with Crippen LogP contribution in [0.4, 0.5) is 0 Å². The first-order valence-corrected chi connectivity index (χ1v) is 25.5. The van der Waals surface area contributed by atoms with Crippen LogP contribution in [-0.4, -0.2) is 59.2 Å². The number of aliphatic hydroxyl groups excluding tert-OH is 2. The molecule has 0 fully saturated rings. The number of aliphatic hydroxyl groups is 2. The Bertz CT molecular complexity index is 833. The van der Waals surface area contributed by atoms with Crippen molar-refractivity contribution >= 4 is 17.9 Å². The van der Waals surface area contributed by atoms with Crippen molar-refractivity contribution in [3.8, 4) is 0 Å². The van der Waals surface area contributed by atoms with E-state index < -0.39 is 12.1 Å². The van der Waals surface area contributed by atoms with Gasteiger partial charge in [0.2, 0.25) is 0 Å². The van der Waals surface area contributed by atoms with Gasteiger partial charge in [-0.2, -0.15) is 0 Å². The molecule has 1 unspecified atom stereocenters. The van der Waals surface area contributed by atoms with Crippen LogP contribution in [0.3, 0.4) is 0 Å². The van der Waals surface area contributed by atoms with Crippen molar-refractivity contribution in [3.63, 3.8) is 0 Å². The Balaban J connectivity index is -0.000000814. The summed E-state index contributed by atoms with van der Waals surface area (Å²) in [5, 5.41) is 26.0. The van der Waals surface area contributed by atoms with E-state index in [2.05, 4.69) is 34.6 Å². The average Bonchev–Trinajstić information content (AvgIpc) is 3.21. The third-order valence-electron chi connectivity index (χ3n) is 10.8. The van der Waals surface area contributed by atoms with Gasteiger partial charge in [0.25, 0.3) is 0 Å². The molecule has 1 atom stereocenters. The molecule has 0 saturated carbocycles. The predicted molar refractivity (Wildman–Crippen MR) is 250 cm³/mol. The first-order chi connectivity index (χ1) is 28.6. The first kappa shape index (κ1) is 61.6. The molecule has 0 radical (unpaired) electrons. The average molecular weight is 843 g/mol. The molecule has 0 aromatic carbocycles. The molecule has 8 heteroatoms. The molecule has 0 saturated heterocycles. The highest BCUT2D eigenvalue weighted by molar-refractivity contribution is 5.69. The molecule has 0 bridgehead atoms. The number of ether oxygens (including phenoxy) is 2. The molecule has 0 heterocycles. The lowest BCUT2D eigenvalue weighted by atomic mass is 10.0. The van der Waals surface area contributed by atoms with Gasteiger partial charge < -0.3 is 24.8 Å². The number of esters is 2. The van der Waals surface area contributed by atoms with Crippen LogP contribution >= 0.6 is 0 Å². The summed E-state index contributed by atoms with van der Waals surface area (Å²) in [5.41, 5.74) is 0. The van der Waals surface area contributed by atoms with Crippen LogP contribution in [0.5, 0.6) is 0 Å². The number of rotatable bonds is 43. The molecule has 0 amide bonds. The standard InChI is InChI=1S/C22H44O2.C16H32O2.C13H26O4/c1-4-5-6-7-8-9-10-13-16-19-22(23)24-20-17-14-11-12-15-18-21(2)3;1-2-3-4-5-6-7-8-9-10-11-12-13-14-15-16(17)18;1-2-3-4-5-6-7-8-9-13(16)17-11-12(15)10-14/h21H,4-20H2,1-3H3;2-15H2,1H3,(H,17,18);12,14-15H,2-11H2,1H3. The Morgan fingerprint density at radius 1 is 0.424 bits per heavy atom. The first-order valence-electron chi connectivity index (χ1n) is 25.5. The third kappa shape index (κ3) is 63.1. The Labute approximate surface area is 366 Å². The maximum absolute atomic E-state index is 11.6. The number of carbonyl (C=O) groups excluding carboxylic acids is 2. The minimum Gasteiger partial charge on any atom is -0.481 e. The summed E-state index contributed by atoms with van der Waals surface area (Å²) in [6.07, 6.45) is 44.6. The number of hydrogen-bond acceptors (Lipinski definition) is 7. The van der Waals surface area contributed by atoms with E-state index >= 15 is 0 Å². The fourth-order valence-corrected chi connectivity index (χ4v) is 6.86. The molecule has 3 N–H and O–H groups in total. The summed E-state index contributed by atoms with van der Waals surface area (Å²) in [6.45, 7) is 11.4.